The minimum atomic E-state index is -4.20. The maximum Gasteiger partial charge on any atom is 0.264 e. The molecule has 0 fully saturated rings. The summed E-state index contributed by atoms with van der Waals surface area (Å²) in [5.41, 5.74) is 0.869. The molecule has 8 nitrogen and oxygen atoms in total. The Hall–Kier alpha value is -3.27. The number of anilines is 1. The van der Waals surface area contributed by atoms with Crippen molar-refractivity contribution in [1.82, 2.24) is 10.2 Å². The zero-order valence-electron chi connectivity index (χ0n) is 21.2. The molecule has 0 radical (unpaired) electrons. The van der Waals surface area contributed by atoms with Crippen LogP contribution in [0.1, 0.15) is 19.4 Å². The Kier molecular flexibility index (Phi) is 10.0. The molecule has 0 bridgehead atoms. The number of sulfonamides is 1. The van der Waals surface area contributed by atoms with Crippen molar-refractivity contribution in [3.8, 4) is 5.75 Å². The van der Waals surface area contributed by atoms with Crippen molar-refractivity contribution in [3.05, 3.63) is 88.4 Å². The molecule has 11 heteroatoms. The van der Waals surface area contributed by atoms with E-state index in [4.69, 9.17) is 27.9 Å². The average Bonchev–Trinajstić information content (AvgIpc) is 2.91. The summed E-state index contributed by atoms with van der Waals surface area (Å²) in [6, 6.07) is 18.1. The van der Waals surface area contributed by atoms with Crippen LogP contribution in [-0.4, -0.2) is 51.4 Å². The molecule has 1 atom stereocenters. The number of hydrogen-bond donors (Lipinski definition) is 1. The molecule has 0 aliphatic carbocycles. The maximum atomic E-state index is 13.8. The minimum absolute atomic E-state index is 0.00516. The molecule has 1 N–H and O–H groups in total. The quantitative estimate of drug-likeness (QED) is 0.354. The smallest absolute Gasteiger partial charge is 0.264 e. The van der Waals surface area contributed by atoms with Gasteiger partial charge in [0, 0.05) is 23.6 Å². The number of carbonyl (C=O) groups excluding carboxylic acids is 2. The predicted molar refractivity (Wildman–Crippen MR) is 149 cm³/mol. The van der Waals surface area contributed by atoms with E-state index >= 15 is 0 Å². The van der Waals surface area contributed by atoms with Crippen LogP contribution in [0.15, 0.2) is 77.7 Å². The van der Waals surface area contributed by atoms with Crippen LogP contribution in [0.5, 0.6) is 5.75 Å². The third-order valence-corrected chi connectivity index (χ3v) is 8.24. The van der Waals surface area contributed by atoms with Crippen molar-refractivity contribution in [2.45, 2.75) is 31.3 Å². The van der Waals surface area contributed by atoms with E-state index in [2.05, 4.69) is 5.32 Å². The lowest BCUT2D eigenvalue weighted by Gasteiger charge is -2.32. The molecule has 38 heavy (non-hydrogen) atoms. The molecule has 0 saturated carbocycles. The van der Waals surface area contributed by atoms with Gasteiger partial charge in [-0.25, -0.2) is 8.42 Å². The topological polar surface area (TPSA) is 96.0 Å². The number of likely N-dealkylation sites (N-methyl/N-ethyl adjacent to an activating group) is 1. The highest BCUT2D eigenvalue weighted by Gasteiger charge is 2.32. The van der Waals surface area contributed by atoms with Crippen molar-refractivity contribution in [1.29, 1.82) is 0 Å². The van der Waals surface area contributed by atoms with Gasteiger partial charge in [-0.3, -0.25) is 13.9 Å². The normalized spacial score (nSPS) is 11.9. The first-order chi connectivity index (χ1) is 18.1. The van der Waals surface area contributed by atoms with Crippen LogP contribution in [0.25, 0.3) is 0 Å². The number of halogens is 2. The third kappa shape index (κ3) is 6.98. The standard InChI is InChI=1S/C27H29Cl2N3O5S/c1-4-37-23-13-11-22(12-14-23)32(38(35,36)24-15-9-21(28)10-16-24)18-26(33)31(19(2)27(34)30-3)17-20-7-5-6-8-25(20)29/h5-16,19H,4,17-18H2,1-3H3,(H,30,34). The summed E-state index contributed by atoms with van der Waals surface area (Å²) in [7, 11) is -2.73. The van der Waals surface area contributed by atoms with Gasteiger partial charge in [0.25, 0.3) is 10.0 Å². The van der Waals surface area contributed by atoms with Gasteiger partial charge in [-0.1, -0.05) is 41.4 Å². The summed E-state index contributed by atoms with van der Waals surface area (Å²) in [5, 5.41) is 3.34. The van der Waals surface area contributed by atoms with Crippen LogP contribution < -0.4 is 14.4 Å². The van der Waals surface area contributed by atoms with Crippen LogP contribution in [0.2, 0.25) is 10.0 Å². The van der Waals surface area contributed by atoms with E-state index in [0.717, 1.165) is 4.31 Å². The van der Waals surface area contributed by atoms with Gasteiger partial charge >= 0.3 is 0 Å². The first-order valence-corrected chi connectivity index (χ1v) is 14.0. The lowest BCUT2D eigenvalue weighted by molar-refractivity contribution is -0.139. The molecule has 3 aromatic carbocycles. The van der Waals surface area contributed by atoms with Crippen molar-refractivity contribution in [3.63, 3.8) is 0 Å². The Morgan fingerprint density at radius 1 is 0.974 bits per heavy atom. The number of benzene rings is 3. The number of rotatable bonds is 11. The van der Waals surface area contributed by atoms with E-state index in [1.54, 1.807) is 55.5 Å². The molecule has 0 aromatic heterocycles. The molecule has 3 aromatic rings. The van der Waals surface area contributed by atoms with Crippen molar-refractivity contribution >= 4 is 50.7 Å². The Morgan fingerprint density at radius 2 is 1.61 bits per heavy atom. The van der Waals surface area contributed by atoms with Crippen LogP contribution in [0, 0.1) is 0 Å². The van der Waals surface area contributed by atoms with Crippen molar-refractivity contribution < 1.29 is 22.7 Å². The number of hydrogen-bond acceptors (Lipinski definition) is 5. The highest BCUT2D eigenvalue weighted by molar-refractivity contribution is 7.92. The summed E-state index contributed by atoms with van der Waals surface area (Å²) in [4.78, 5) is 27.6. The zero-order chi connectivity index (χ0) is 27.9. The van der Waals surface area contributed by atoms with Gasteiger partial charge in [-0.2, -0.15) is 0 Å². The second-order valence-electron chi connectivity index (χ2n) is 8.30. The Bertz CT molecular complexity index is 1370. The fraction of sp³-hybridized carbons (Fsp3) is 0.259. The fourth-order valence-electron chi connectivity index (χ4n) is 3.74. The molecule has 0 spiro atoms. The lowest BCUT2D eigenvalue weighted by Crippen LogP contribution is -2.50. The lowest BCUT2D eigenvalue weighted by atomic mass is 10.1. The van der Waals surface area contributed by atoms with Gasteiger partial charge in [0.05, 0.1) is 17.2 Å². The second kappa shape index (κ2) is 13.0. The highest BCUT2D eigenvalue weighted by Crippen LogP contribution is 2.28. The summed E-state index contributed by atoms with van der Waals surface area (Å²) in [5.74, 6) is -0.439. The van der Waals surface area contributed by atoms with Gasteiger partial charge in [-0.05, 0) is 74.0 Å². The predicted octanol–water partition coefficient (Wildman–Crippen LogP) is 4.75. The summed E-state index contributed by atoms with van der Waals surface area (Å²) in [6.07, 6.45) is 0. The van der Waals surface area contributed by atoms with Crippen LogP contribution in [0.4, 0.5) is 5.69 Å². The third-order valence-electron chi connectivity index (χ3n) is 5.83. The Labute approximate surface area is 233 Å². The van der Waals surface area contributed by atoms with Crippen LogP contribution in [-0.2, 0) is 26.2 Å². The Morgan fingerprint density at radius 3 is 2.18 bits per heavy atom. The molecular formula is C27H29Cl2N3O5S. The summed E-state index contributed by atoms with van der Waals surface area (Å²) >= 11 is 12.3. The first kappa shape index (κ1) is 29.3. The summed E-state index contributed by atoms with van der Waals surface area (Å²) in [6.45, 7) is 3.29. The van der Waals surface area contributed by atoms with Crippen LogP contribution in [0.3, 0.4) is 0 Å². The number of nitrogens with zero attached hydrogens (tertiary/aromatic N) is 2. The van der Waals surface area contributed by atoms with Gasteiger partial charge < -0.3 is 15.0 Å². The van der Waals surface area contributed by atoms with E-state index in [-0.39, 0.29) is 17.1 Å². The summed E-state index contributed by atoms with van der Waals surface area (Å²) < 4.78 is 34.0. The average molecular weight is 579 g/mol. The van der Waals surface area contributed by atoms with E-state index in [9.17, 15) is 18.0 Å². The van der Waals surface area contributed by atoms with E-state index in [1.807, 2.05) is 6.92 Å². The largest absolute Gasteiger partial charge is 0.494 e. The minimum Gasteiger partial charge on any atom is -0.494 e. The molecule has 0 saturated heterocycles. The number of ether oxygens (including phenoxy) is 1. The second-order valence-corrected chi connectivity index (χ2v) is 11.0. The van der Waals surface area contributed by atoms with Crippen molar-refractivity contribution in [2.24, 2.45) is 0 Å². The number of carbonyl (C=O) groups is 2. The molecule has 3 rings (SSSR count). The molecule has 2 amide bonds. The maximum absolute atomic E-state index is 13.8. The van der Waals surface area contributed by atoms with E-state index < -0.39 is 34.4 Å². The monoisotopic (exact) mass is 577 g/mol. The molecule has 1 unspecified atom stereocenters. The molecule has 202 valence electrons. The molecule has 0 heterocycles. The van der Waals surface area contributed by atoms with Gasteiger partial charge in [0.2, 0.25) is 11.8 Å². The first-order valence-electron chi connectivity index (χ1n) is 11.8. The highest BCUT2D eigenvalue weighted by atomic mass is 35.5. The van der Waals surface area contributed by atoms with Gasteiger partial charge in [0.15, 0.2) is 0 Å². The SMILES string of the molecule is CCOc1ccc(N(CC(=O)N(Cc2ccccc2Cl)C(C)C(=O)NC)S(=O)(=O)c2ccc(Cl)cc2)cc1. The molecule has 0 aliphatic heterocycles. The zero-order valence-corrected chi connectivity index (χ0v) is 23.6. The molecular weight excluding hydrogens is 549 g/mol. The van der Waals surface area contributed by atoms with E-state index in [1.165, 1.54) is 36.2 Å². The number of amides is 2. The van der Waals surface area contributed by atoms with Crippen molar-refractivity contribution in [2.75, 3.05) is 24.5 Å². The Balaban J connectivity index is 2.04. The van der Waals surface area contributed by atoms with Crippen LogP contribution >= 0.6 is 23.2 Å². The molecule has 0 aliphatic rings. The number of nitrogens with one attached hydrogen (secondary N) is 1. The van der Waals surface area contributed by atoms with Gasteiger partial charge in [0.1, 0.15) is 18.3 Å². The van der Waals surface area contributed by atoms with Gasteiger partial charge in [-0.15, -0.1) is 0 Å². The van der Waals surface area contributed by atoms with E-state index in [0.29, 0.717) is 28.0 Å². The fourth-order valence-corrected chi connectivity index (χ4v) is 5.48.